The molecule has 9 heteroatoms. The molecule has 42 heavy (non-hydrogen) atoms. The van der Waals surface area contributed by atoms with Gasteiger partial charge in [0, 0.05) is 13.0 Å². The lowest BCUT2D eigenvalue weighted by Gasteiger charge is -2.41. The maximum Gasteiger partial charge on any atom is 0.352 e. The minimum atomic E-state index is -1.36. The van der Waals surface area contributed by atoms with Crippen LogP contribution in [0.15, 0.2) is 66.5 Å². The fraction of sp³-hybridized carbons (Fsp3) is 0.455. The molecule has 5 aliphatic rings. The minimum absolute atomic E-state index is 0.0307. The Hall–Kier alpha value is -3.82. The van der Waals surface area contributed by atoms with Gasteiger partial charge in [0.2, 0.25) is 12.4 Å². The van der Waals surface area contributed by atoms with Gasteiger partial charge in [-0.15, -0.1) is 0 Å². The maximum atomic E-state index is 13.9. The van der Waals surface area contributed by atoms with Gasteiger partial charge in [-0.25, -0.2) is 4.79 Å². The number of carbonyl (C=O) groups excluding carboxylic acids is 2. The van der Waals surface area contributed by atoms with Gasteiger partial charge in [-0.3, -0.25) is 9.69 Å². The van der Waals surface area contributed by atoms with Crippen molar-refractivity contribution < 1.29 is 38.0 Å². The lowest BCUT2D eigenvalue weighted by Crippen LogP contribution is -2.56. The van der Waals surface area contributed by atoms with Gasteiger partial charge in [-0.1, -0.05) is 42.5 Å². The number of nitrogens with zero attached hydrogens (tertiary/aromatic N) is 1. The van der Waals surface area contributed by atoms with Gasteiger partial charge in [0.15, 0.2) is 17.6 Å². The predicted octanol–water partition coefficient (Wildman–Crippen LogP) is 4.19. The van der Waals surface area contributed by atoms with Crippen molar-refractivity contribution in [3.63, 3.8) is 0 Å². The highest BCUT2D eigenvalue weighted by atomic mass is 16.7. The summed E-state index contributed by atoms with van der Waals surface area (Å²) in [7, 11) is 1.62. The zero-order valence-electron chi connectivity index (χ0n) is 23.7. The first-order valence-electron chi connectivity index (χ1n) is 14.7. The van der Waals surface area contributed by atoms with Crippen molar-refractivity contribution in [2.45, 2.75) is 61.9 Å². The first-order chi connectivity index (χ1) is 20.5. The number of hydrogen-bond acceptors (Lipinski definition) is 9. The SMILES string of the molecule is COC1=C[C@]23CCCN2CCc2cc4c(cc2[C@@H]3[C@@H]1OC(=O)[C@]1(C/C=C/COCc2ccccc2)CC(=O)O1)OCO4. The van der Waals surface area contributed by atoms with Gasteiger partial charge in [0.05, 0.1) is 38.2 Å². The van der Waals surface area contributed by atoms with Gasteiger partial charge < -0.3 is 28.4 Å². The third kappa shape index (κ3) is 4.55. The summed E-state index contributed by atoms with van der Waals surface area (Å²) in [6.07, 6.45) is 8.17. The molecule has 9 nitrogen and oxygen atoms in total. The van der Waals surface area contributed by atoms with Crippen molar-refractivity contribution in [3.8, 4) is 11.5 Å². The van der Waals surface area contributed by atoms with Crippen LogP contribution in [0.3, 0.4) is 0 Å². The molecule has 4 heterocycles. The Morgan fingerprint density at radius 3 is 2.71 bits per heavy atom. The van der Waals surface area contributed by atoms with Crippen LogP contribution in [-0.2, 0) is 41.6 Å². The summed E-state index contributed by atoms with van der Waals surface area (Å²) in [6, 6.07) is 14.0. The molecule has 2 fully saturated rings. The molecule has 220 valence electrons. The van der Waals surface area contributed by atoms with Crippen molar-refractivity contribution >= 4 is 11.9 Å². The molecule has 7 rings (SSSR count). The van der Waals surface area contributed by atoms with E-state index >= 15 is 0 Å². The van der Waals surface area contributed by atoms with Gasteiger partial charge in [-0.2, -0.15) is 0 Å². The number of ether oxygens (including phenoxy) is 6. The molecule has 2 saturated heterocycles. The summed E-state index contributed by atoms with van der Waals surface area (Å²) in [6.45, 7) is 2.91. The van der Waals surface area contributed by atoms with E-state index in [1.165, 1.54) is 0 Å². The Bertz CT molecular complexity index is 1430. The Labute approximate surface area is 245 Å². The predicted molar refractivity (Wildman–Crippen MR) is 151 cm³/mol. The highest BCUT2D eigenvalue weighted by molar-refractivity contribution is 5.94. The second-order valence-corrected chi connectivity index (χ2v) is 11.6. The third-order valence-electron chi connectivity index (χ3n) is 9.25. The topological polar surface area (TPSA) is 92.8 Å². The highest BCUT2D eigenvalue weighted by Gasteiger charge is 2.60. The average Bonchev–Trinajstić information content (AvgIpc) is 3.67. The number of methoxy groups -OCH3 is 1. The molecule has 0 radical (unpaired) electrons. The molecule has 0 bridgehead atoms. The molecule has 2 aromatic rings. The largest absolute Gasteiger partial charge is 0.497 e. The van der Waals surface area contributed by atoms with Crippen molar-refractivity contribution in [2.24, 2.45) is 0 Å². The van der Waals surface area contributed by atoms with E-state index in [-0.39, 0.29) is 31.1 Å². The minimum Gasteiger partial charge on any atom is -0.497 e. The zero-order chi connectivity index (χ0) is 28.7. The van der Waals surface area contributed by atoms with Crippen LogP contribution in [0.1, 0.15) is 48.3 Å². The summed E-state index contributed by atoms with van der Waals surface area (Å²) < 4.78 is 34.9. The fourth-order valence-electron chi connectivity index (χ4n) is 7.23. The van der Waals surface area contributed by atoms with Gasteiger partial charge in [0.25, 0.3) is 0 Å². The van der Waals surface area contributed by atoms with Gasteiger partial charge in [-0.05, 0) is 60.7 Å². The number of benzene rings is 2. The Kier molecular flexibility index (Phi) is 6.94. The fourth-order valence-corrected chi connectivity index (χ4v) is 7.23. The van der Waals surface area contributed by atoms with E-state index in [1.54, 1.807) is 7.11 Å². The van der Waals surface area contributed by atoms with E-state index in [9.17, 15) is 9.59 Å². The molecular weight excluding hydrogens is 538 g/mol. The van der Waals surface area contributed by atoms with Gasteiger partial charge >= 0.3 is 11.9 Å². The number of carbonyl (C=O) groups is 2. The summed E-state index contributed by atoms with van der Waals surface area (Å²) in [5.41, 5.74) is 1.63. The Morgan fingerprint density at radius 1 is 1.12 bits per heavy atom. The van der Waals surface area contributed by atoms with Gasteiger partial charge in [0.1, 0.15) is 5.76 Å². The molecule has 1 aliphatic carbocycles. The molecule has 0 aromatic heterocycles. The van der Waals surface area contributed by atoms with Crippen molar-refractivity contribution in [1.29, 1.82) is 0 Å². The van der Waals surface area contributed by atoms with Crippen molar-refractivity contribution in [3.05, 3.63) is 83.1 Å². The first-order valence-corrected chi connectivity index (χ1v) is 14.7. The molecule has 2 aromatic carbocycles. The summed E-state index contributed by atoms with van der Waals surface area (Å²) in [5.74, 6) is 0.905. The maximum absolute atomic E-state index is 13.9. The van der Waals surface area contributed by atoms with Crippen molar-refractivity contribution in [2.75, 3.05) is 33.6 Å². The Morgan fingerprint density at radius 2 is 1.93 bits per heavy atom. The number of fused-ring (bicyclic) bond motifs is 3. The number of rotatable bonds is 9. The Balaban J connectivity index is 1.12. The lowest BCUT2D eigenvalue weighted by atomic mass is 9.77. The first kappa shape index (κ1) is 27.0. The van der Waals surface area contributed by atoms with Crippen LogP contribution in [0.2, 0.25) is 0 Å². The summed E-state index contributed by atoms with van der Waals surface area (Å²) >= 11 is 0. The van der Waals surface area contributed by atoms with Crippen LogP contribution in [0, 0.1) is 0 Å². The lowest BCUT2D eigenvalue weighted by molar-refractivity contribution is -0.210. The van der Waals surface area contributed by atoms with E-state index in [0.717, 1.165) is 54.8 Å². The van der Waals surface area contributed by atoms with Crippen LogP contribution in [0.25, 0.3) is 0 Å². The summed E-state index contributed by atoms with van der Waals surface area (Å²) in [5, 5.41) is 0. The summed E-state index contributed by atoms with van der Waals surface area (Å²) in [4.78, 5) is 28.4. The van der Waals surface area contributed by atoms with Crippen LogP contribution in [0.4, 0.5) is 0 Å². The number of hydrogen-bond donors (Lipinski definition) is 0. The second-order valence-electron chi connectivity index (χ2n) is 11.6. The molecule has 0 saturated carbocycles. The molecule has 4 aliphatic heterocycles. The molecule has 1 spiro atoms. The normalized spacial score (nSPS) is 29.2. The van der Waals surface area contributed by atoms with Crippen LogP contribution < -0.4 is 9.47 Å². The molecular formula is C33H35NO8. The van der Waals surface area contributed by atoms with Crippen LogP contribution in [0.5, 0.6) is 11.5 Å². The van der Waals surface area contributed by atoms with Crippen LogP contribution >= 0.6 is 0 Å². The van der Waals surface area contributed by atoms with E-state index in [4.69, 9.17) is 28.4 Å². The second kappa shape index (κ2) is 10.8. The zero-order valence-corrected chi connectivity index (χ0v) is 23.7. The van der Waals surface area contributed by atoms with E-state index in [1.807, 2.05) is 42.5 Å². The molecule has 4 atom stereocenters. The van der Waals surface area contributed by atoms with E-state index in [2.05, 4.69) is 23.1 Å². The molecule has 0 unspecified atom stereocenters. The monoisotopic (exact) mass is 573 g/mol. The third-order valence-corrected chi connectivity index (χ3v) is 9.25. The molecule has 0 N–H and O–H groups in total. The quantitative estimate of drug-likeness (QED) is 0.249. The highest BCUT2D eigenvalue weighted by Crippen LogP contribution is 2.56. The molecule has 0 amide bonds. The van der Waals surface area contributed by atoms with Crippen molar-refractivity contribution in [1.82, 2.24) is 4.90 Å². The number of esters is 2. The smallest absolute Gasteiger partial charge is 0.352 e. The number of cyclic esters (lactones) is 1. The standard InChI is InChI=1S/C33H35NO8/c1-37-27-18-32-11-7-13-34(32)14-10-23-16-25-26(40-21-39-25)17-24(23)29(32)30(27)41-31(36)33(19-28(35)42-33)12-5-6-15-38-20-22-8-3-2-4-9-22/h2-6,8-9,16-18,29-30H,7,10-15,19-21H2,1H3/b6-5+/t29-,30-,32+,33+/m1/s1. The van der Waals surface area contributed by atoms with Crippen LogP contribution in [-0.4, -0.2) is 67.7 Å². The van der Waals surface area contributed by atoms with E-state index in [0.29, 0.717) is 24.7 Å². The van der Waals surface area contributed by atoms with E-state index < -0.39 is 23.6 Å². The average molecular weight is 574 g/mol.